The number of aromatic nitrogens is 6. The van der Waals surface area contributed by atoms with Crippen molar-refractivity contribution in [3.05, 3.63) is 61.3 Å². The summed E-state index contributed by atoms with van der Waals surface area (Å²) in [6, 6.07) is 12.6. The molecule has 0 atom stereocenters. The molecule has 0 unspecified atom stereocenters. The van der Waals surface area contributed by atoms with Crippen LogP contribution in [0.2, 0.25) is 0 Å². The van der Waals surface area contributed by atoms with Crippen LogP contribution in [0.1, 0.15) is 0 Å². The number of hydrogen-bond donors (Lipinski definition) is 0. The van der Waals surface area contributed by atoms with E-state index in [0.717, 1.165) is 11.0 Å². The smallest absolute Gasteiger partial charge is 0.348 e. The van der Waals surface area contributed by atoms with Crippen LogP contribution in [-0.2, 0) is 0 Å². The van der Waals surface area contributed by atoms with E-state index < -0.39 is 7.55 Å². The lowest BCUT2D eigenvalue weighted by molar-refractivity contribution is -0.689. The molecule has 0 saturated carbocycles. The molecular weight excluding hydrogens is 262 g/mol. The number of para-hydroxylation sites is 2. The van der Waals surface area contributed by atoms with Crippen molar-refractivity contribution in [3.8, 4) is 5.82 Å². The van der Waals surface area contributed by atoms with Gasteiger partial charge in [0.1, 0.15) is 24.5 Å². The average molecular weight is 276 g/mol. The first kappa shape index (κ1) is 11.0. The van der Waals surface area contributed by atoms with E-state index in [1.807, 2.05) is 12.4 Å². The summed E-state index contributed by atoms with van der Waals surface area (Å²) in [5.41, 5.74) is 2.21. The maximum atomic E-state index is 4.51. The van der Waals surface area contributed by atoms with Crippen LogP contribution >= 0.6 is 0 Å². The Labute approximate surface area is 122 Å². The molecule has 0 saturated heterocycles. The second-order valence-electron chi connectivity index (χ2n) is 5.91. The molecule has 102 valence electrons. The Morgan fingerprint density at radius 3 is 2.90 bits per heavy atom. The number of rotatable bonds is 1. The van der Waals surface area contributed by atoms with E-state index in [1.54, 1.807) is 0 Å². The van der Waals surface area contributed by atoms with Crippen molar-refractivity contribution in [1.29, 1.82) is 0 Å². The van der Waals surface area contributed by atoms with Crippen LogP contribution in [0.15, 0.2) is 61.3 Å². The quantitative estimate of drug-likeness (QED) is 0.336. The Bertz CT molecular complexity index is 966. The minimum absolute atomic E-state index is 0.378. The van der Waals surface area contributed by atoms with E-state index in [0.29, 0.717) is 0 Å². The van der Waals surface area contributed by atoms with E-state index in [1.165, 1.54) is 5.82 Å². The summed E-state index contributed by atoms with van der Waals surface area (Å²) in [5.74, 6) is 1.22. The van der Waals surface area contributed by atoms with Crippen molar-refractivity contribution in [2.45, 2.75) is 0 Å². The van der Waals surface area contributed by atoms with Crippen LogP contribution in [0.3, 0.4) is 0 Å². The van der Waals surface area contributed by atoms with Crippen molar-refractivity contribution in [2.24, 2.45) is 0 Å². The number of hydrogen-bond acceptors (Lipinski definition) is 1. The molecule has 0 amide bonds. The molecule has 6 nitrogen and oxygen atoms in total. The predicted octanol–water partition coefficient (Wildman–Crippen LogP) is -1.69. The highest BCUT2D eigenvalue weighted by molar-refractivity contribution is 6.28. The standard InChI is InChI=1S/C13H14B2N6/c1-2-5-12-11(4-1)16-10-17(12)13-6-9-20-14-18-7-3-8-19(18)15-21(13)20/h1-10H,14-15H2. The fourth-order valence-corrected chi connectivity index (χ4v) is 3.68. The first-order valence-corrected chi connectivity index (χ1v) is 7.49. The van der Waals surface area contributed by atoms with Crippen molar-refractivity contribution in [3.63, 3.8) is 0 Å². The Hall–Kier alpha value is -2.76. The molecule has 0 radical (unpaired) electrons. The van der Waals surface area contributed by atoms with Crippen LogP contribution in [0.5, 0.6) is 0 Å². The molecule has 8 heteroatoms. The minimum Gasteiger partial charge on any atom is -0.348 e. The predicted molar refractivity (Wildman–Crippen MR) is 82.6 cm³/mol. The normalized spacial score (nSPS) is 13.3. The Kier molecular flexibility index (Phi) is 2.02. The topological polar surface area (TPSA) is 35.4 Å². The van der Waals surface area contributed by atoms with Gasteiger partial charge in [0.05, 0.1) is 11.0 Å². The van der Waals surface area contributed by atoms with Crippen molar-refractivity contribution in [2.75, 3.05) is 0 Å². The van der Waals surface area contributed by atoms with Crippen LogP contribution in [0, 0.1) is 0 Å². The molecule has 3 aromatic heterocycles. The summed E-state index contributed by atoms with van der Waals surface area (Å²) in [6.45, 7) is 0. The second kappa shape index (κ2) is 3.88. The Balaban J connectivity index is 1.71. The highest BCUT2D eigenvalue weighted by Gasteiger charge is 2.20. The second-order valence-corrected chi connectivity index (χ2v) is 5.91. The SMILES string of the molecule is [BH2-]1n2c(-n3cnc4ccccc43)cc[n+]2[BH2-]n2ccc[n+]21. The summed E-state index contributed by atoms with van der Waals surface area (Å²) in [4.78, 5) is 4.51. The number of fused-ring (bicyclic) bond motifs is 3. The lowest BCUT2D eigenvalue weighted by Crippen LogP contribution is -2.70. The lowest BCUT2D eigenvalue weighted by Gasteiger charge is -2.22. The molecule has 0 bridgehead atoms. The van der Waals surface area contributed by atoms with E-state index in [-0.39, 0.29) is 7.55 Å². The summed E-state index contributed by atoms with van der Waals surface area (Å²) in [6.07, 6.45) is 8.50. The Morgan fingerprint density at radius 1 is 0.952 bits per heavy atom. The van der Waals surface area contributed by atoms with Crippen LogP contribution in [0.4, 0.5) is 0 Å². The molecule has 21 heavy (non-hydrogen) atoms. The fraction of sp³-hybridized carbons (Fsp3) is 0. The maximum absolute atomic E-state index is 4.51. The summed E-state index contributed by atoms with van der Waals surface area (Å²) in [5, 5.41) is 0. The maximum Gasteiger partial charge on any atom is 0.418 e. The van der Waals surface area contributed by atoms with Crippen LogP contribution < -0.4 is 9.19 Å². The molecule has 0 aliphatic carbocycles. The third-order valence-electron chi connectivity index (χ3n) is 4.85. The number of imidazole rings is 1. The van der Waals surface area contributed by atoms with Gasteiger partial charge in [0.15, 0.2) is 0 Å². The molecular formula is C13H14B2N6. The highest BCUT2D eigenvalue weighted by Crippen LogP contribution is 2.16. The van der Waals surface area contributed by atoms with Crippen molar-refractivity contribution >= 4 is 26.1 Å². The largest absolute Gasteiger partial charge is 0.418 e. The fourth-order valence-electron chi connectivity index (χ4n) is 3.68. The summed E-state index contributed by atoms with van der Waals surface area (Å²) in [7, 11) is -0.823. The molecule has 5 rings (SSSR count). The van der Waals surface area contributed by atoms with Crippen molar-refractivity contribution in [1.82, 2.24) is 18.7 Å². The summed E-state index contributed by atoms with van der Waals surface area (Å²) < 4.78 is 11.8. The molecule has 4 heterocycles. The average Bonchev–Trinajstić information content (AvgIpc) is 3.21. The van der Waals surface area contributed by atoms with Crippen LogP contribution in [0.25, 0.3) is 16.9 Å². The Morgan fingerprint density at radius 2 is 1.90 bits per heavy atom. The van der Waals surface area contributed by atoms with E-state index in [2.05, 4.69) is 76.8 Å². The number of nitrogens with zero attached hydrogens (tertiary/aromatic N) is 6. The minimum atomic E-state index is -0.445. The van der Waals surface area contributed by atoms with Gasteiger partial charge in [0.2, 0.25) is 0 Å². The van der Waals surface area contributed by atoms with Gasteiger partial charge in [-0.3, -0.25) is 9.16 Å². The zero-order valence-corrected chi connectivity index (χ0v) is 12.0. The zero-order chi connectivity index (χ0) is 13.8. The molecule has 0 fully saturated rings. The third-order valence-corrected chi connectivity index (χ3v) is 4.85. The molecule has 4 aromatic rings. The lowest BCUT2D eigenvalue weighted by atomic mass is 10.1. The molecule has 1 aliphatic rings. The van der Waals surface area contributed by atoms with Gasteiger partial charge in [-0.1, -0.05) is 12.1 Å². The molecule has 0 spiro atoms. The van der Waals surface area contributed by atoms with Gasteiger partial charge in [-0.15, -0.1) is 0 Å². The summed E-state index contributed by atoms with van der Waals surface area (Å²) >= 11 is 0. The van der Waals surface area contributed by atoms with Gasteiger partial charge < -0.3 is 13.8 Å². The molecule has 1 aliphatic heterocycles. The van der Waals surface area contributed by atoms with E-state index in [4.69, 9.17) is 0 Å². The zero-order valence-electron chi connectivity index (χ0n) is 12.0. The first-order valence-electron chi connectivity index (χ1n) is 7.49. The van der Waals surface area contributed by atoms with Crippen molar-refractivity contribution < 1.29 is 9.19 Å². The van der Waals surface area contributed by atoms with Gasteiger partial charge in [-0.25, -0.2) is 4.98 Å². The van der Waals surface area contributed by atoms with Gasteiger partial charge in [0.25, 0.3) is 0 Å². The van der Waals surface area contributed by atoms with Gasteiger partial charge in [-0.2, -0.15) is 0 Å². The first-order chi connectivity index (χ1) is 10.4. The number of benzene rings is 1. The monoisotopic (exact) mass is 276 g/mol. The molecule has 1 aromatic carbocycles. The van der Waals surface area contributed by atoms with Gasteiger partial charge in [0, 0.05) is 18.3 Å². The van der Waals surface area contributed by atoms with E-state index >= 15 is 0 Å². The van der Waals surface area contributed by atoms with Crippen LogP contribution in [-0.4, -0.2) is 33.8 Å². The van der Waals surface area contributed by atoms with Gasteiger partial charge >= 0.3 is 15.1 Å². The molecule has 0 N–H and O–H groups in total. The third kappa shape index (κ3) is 1.47. The van der Waals surface area contributed by atoms with E-state index in [9.17, 15) is 0 Å². The van der Waals surface area contributed by atoms with Gasteiger partial charge in [-0.05, 0) is 12.1 Å². The highest BCUT2D eigenvalue weighted by atomic mass is 15.5.